The van der Waals surface area contributed by atoms with Crippen molar-refractivity contribution >= 4 is 27.5 Å². The van der Waals surface area contributed by atoms with Crippen molar-refractivity contribution in [1.29, 1.82) is 0 Å². The van der Waals surface area contributed by atoms with Crippen LogP contribution in [0.2, 0.25) is 0 Å². The normalized spacial score (nSPS) is 12.0. The van der Waals surface area contributed by atoms with E-state index >= 15 is 0 Å². The van der Waals surface area contributed by atoms with Crippen LogP contribution in [0.15, 0.2) is 83.8 Å². The minimum atomic E-state index is -4.05. The maximum atomic E-state index is 13.8. The highest BCUT2D eigenvalue weighted by molar-refractivity contribution is 7.92. The molecule has 7 nitrogen and oxygen atoms in total. The van der Waals surface area contributed by atoms with E-state index in [4.69, 9.17) is 0 Å². The zero-order valence-electron chi connectivity index (χ0n) is 22.6. The lowest BCUT2D eigenvalue weighted by Gasteiger charge is -2.32. The first-order valence-corrected chi connectivity index (χ1v) is 14.3. The molecular formula is C30H37N3O4S. The summed E-state index contributed by atoms with van der Waals surface area (Å²) in [5.41, 5.74) is 3.35. The monoisotopic (exact) mass is 535 g/mol. The highest BCUT2D eigenvalue weighted by atomic mass is 32.2. The molecule has 3 rings (SSSR count). The van der Waals surface area contributed by atoms with Gasteiger partial charge in [0.1, 0.15) is 12.6 Å². The molecule has 1 N–H and O–H groups in total. The van der Waals surface area contributed by atoms with E-state index in [0.717, 1.165) is 27.4 Å². The Labute approximate surface area is 226 Å². The second-order valence-electron chi connectivity index (χ2n) is 9.38. The van der Waals surface area contributed by atoms with E-state index < -0.39 is 28.5 Å². The van der Waals surface area contributed by atoms with E-state index in [1.165, 1.54) is 17.0 Å². The molecule has 0 bridgehead atoms. The van der Waals surface area contributed by atoms with Crippen LogP contribution in [0.4, 0.5) is 5.69 Å². The minimum Gasteiger partial charge on any atom is -0.354 e. The van der Waals surface area contributed by atoms with Crippen LogP contribution in [0.1, 0.15) is 37.0 Å². The molecule has 3 aromatic rings. The Bertz CT molecular complexity index is 1330. The largest absolute Gasteiger partial charge is 0.354 e. The van der Waals surface area contributed by atoms with E-state index in [0.29, 0.717) is 18.7 Å². The molecule has 0 fully saturated rings. The van der Waals surface area contributed by atoms with Crippen molar-refractivity contribution in [3.63, 3.8) is 0 Å². The van der Waals surface area contributed by atoms with E-state index in [-0.39, 0.29) is 17.3 Å². The molecule has 2 amide bonds. The average molecular weight is 536 g/mol. The molecule has 0 aromatic heterocycles. The molecule has 3 aromatic carbocycles. The Balaban J connectivity index is 1.97. The molecule has 0 heterocycles. The van der Waals surface area contributed by atoms with Gasteiger partial charge in [-0.2, -0.15) is 0 Å². The van der Waals surface area contributed by atoms with Gasteiger partial charge in [-0.3, -0.25) is 13.9 Å². The number of nitrogens with zero attached hydrogens (tertiary/aromatic N) is 2. The number of carbonyl (C=O) groups excluding carboxylic acids is 2. The number of hydrogen-bond acceptors (Lipinski definition) is 4. The number of aryl methyl sites for hydroxylation is 2. The second kappa shape index (κ2) is 13.2. The van der Waals surface area contributed by atoms with Gasteiger partial charge in [0.2, 0.25) is 11.8 Å². The van der Waals surface area contributed by atoms with Crippen LogP contribution in [0, 0.1) is 13.8 Å². The lowest BCUT2D eigenvalue weighted by atomic mass is 10.1. The summed E-state index contributed by atoms with van der Waals surface area (Å²) in [5.74, 6) is -0.713. The van der Waals surface area contributed by atoms with Crippen molar-refractivity contribution in [2.24, 2.45) is 0 Å². The number of carbonyl (C=O) groups is 2. The third-order valence-corrected chi connectivity index (χ3v) is 8.38. The minimum absolute atomic E-state index is 0.0931. The van der Waals surface area contributed by atoms with Gasteiger partial charge in [0.15, 0.2) is 0 Å². The van der Waals surface area contributed by atoms with Crippen LogP contribution in [0.5, 0.6) is 0 Å². The highest BCUT2D eigenvalue weighted by Crippen LogP contribution is 2.26. The van der Waals surface area contributed by atoms with Gasteiger partial charge in [0, 0.05) is 13.1 Å². The third kappa shape index (κ3) is 7.22. The standard InChI is InChI=1S/C30H37N3O4S/c1-5-19-31-30(35)25(4)32(20-18-26-12-8-6-9-13-26)29(34)22-33(27-17-16-23(2)24(3)21-27)38(36,37)28-14-10-7-11-15-28/h6-17,21,25H,5,18-20,22H2,1-4H3,(H,31,35)/t25-/m1/s1. The van der Waals surface area contributed by atoms with Crippen LogP contribution < -0.4 is 9.62 Å². The lowest BCUT2D eigenvalue weighted by Crippen LogP contribution is -2.52. The lowest BCUT2D eigenvalue weighted by molar-refractivity contribution is -0.138. The molecule has 0 spiro atoms. The second-order valence-corrected chi connectivity index (χ2v) is 11.2. The average Bonchev–Trinajstić information content (AvgIpc) is 2.92. The van der Waals surface area contributed by atoms with Gasteiger partial charge >= 0.3 is 0 Å². The van der Waals surface area contributed by atoms with Crippen molar-refractivity contribution in [3.05, 3.63) is 95.6 Å². The molecule has 0 aliphatic heterocycles. The van der Waals surface area contributed by atoms with E-state index in [2.05, 4.69) is 5.32 Å². The highest BCUT2D eigenvalue weighted by Gasteiger charge is 2.32. The SMILES string of the molecule is CCCNC(=O)[C@@H](C)N(CCc1ccccc1)C(=O)CN(c1ccc(C)c(C)c1)S(=O)(=O)c1ccccc1. The van der Waals surface area contributed by atoms with Crippen LogP contribution in [0.25, 0.3) is 0 Å². The van der Waals surface area contributed by atoms with E-state index in [1.54, 1.807) is 37.3 Å². The topological polar surface area (TPSA) is 86.8 Å². The fraction of sp³-hybridized carbons (Fsp3) is 0.333. The third-order valence-electron chi connectivity index (χ3n) is 6.59. The predicted molar refractivity (Wildman–Crippen MR) is 152 cm³/mol. The molecule has 8 heteroatoms. The van der Waals surface area contributed by atoms with Gasteiger partial charge in [-0.15, -0.1) is 0 Å². The zero-order valence-corrected chi connectivity index (χ0v) is 23.4. The fourth-order valence-corrected chi connectivity index (χ4v) is 5.52. The number of rotatable bonds is 12. The quantitative estimate of drug-likeness (QED) is 0.370. The predicted octanol–water partition coefficient (Wildman–Crippen LogP) is 4.48. The van der Waals surface area contributed by atoms with Gasteiger partial charge in [0.25, 0.3) is 10.0 Å². The van der Waals surface area contributed by atoms with Gasteiger partial charge < -0.3 is 10.2 Å². The summed E-state index contributed by atoms with van der Waals surface area (Å²) in [6.07, 6.45) is 1.30. The van der Waals surface area contributed by atoms with Gasteiger partial charge in [-0.05, 0) is 74.6 Å². The Morgan fingerprint density at radius 2 is 1.53 bits per heavy atom. The number of hydrogen-bond donors (Lipinski definition) is 1. The first-order chi connectivity index (χ1) is 18.1. The number of benzene rings is 3. The summed E-state index contributed by atoms with van der Waals surface area (Å²) < 4.78 is 28.7. The van der Waals surface area contributed by atoms with Crippen molar-refractivity contribution in [2.75, 3.05) is 23.9 Å². The molecule has 0 radical (unpaired) electrons. The Hall–Kier alpha value is -3.65. The molecule has 0 aliphatic carbocycles. The molecule has 0 saturated carbocycles. The first-order valence-electron chi connectivity index (χ1n) is 12.9. The van der Waals surface area contributed by atoms with E-state index in [9.17, 15) is 18.0 Å². The molecule has 0 unspecified atom stereocenters. The van der Waals surface area contributed by atoms with Crippen molar-refractivity contribution in [2.45, 2.75) is 51.5 Å². The molecule has 202 valence electrons. The molecule has 38 heavy (non-hydrogen) atoms. The van der Waals surface area contributed by atoms with Gasteiger partial charge in [-0.25, -0.2) is 8.42 Å². The Kier molecular flexibility index (Phi) is 10.1. The summed E-state index contributed by atoms with van der Waals surface area (Å²) in [7, 11) is -4.05. The summed E-state index contributed by atoms with van der Waals surface area (Å²) >= 11 is 0. The maximum absolute atomic E-state index is 13.8. The van der Waals surface area contributed by atoms with Gasteiger partial charge in [-0.1, -0.05) is 61.5 Å². The van der Waals surface area contributed by atoms with Gasteiger partial charge in [0.05, 0.1) is 10.6 Å². The van der Waals surface area contributed by atoms with Crippen molar-refractivity contribution < 1.29 is 18.0 Å². The van der Waals surface area contributed by atoms with Crippen molar-refractivity contribution in [1.82, 2.24) is 10.2 Å². The van der Waals surface area contributed by atoms with Crippen LogP contribution in [-0.2, 0) is 26.0 Å². The van der Waals surface area contributed by atoms with Crippen molar-refractivity contribution in [3.8, 4) is 0 Å². The fourth-order valence-electron chi connectivity index (χ4n) is 4.10. The number of nitrogens with one attached hydrogen (secondary N) is 1. The molecular weight excluding hydrogens is 498 g/mol. The molecule has 1 atom stereocenters. The summed E-state index contributed by atoms with van der Waals surface area (Å²) in [5, 5.41) is 2.86. The van der Waals surface area contributed by atoms with Crippen LogP contribution in [0.3, 0.4) is 0 Å². The zero-order chi connectivity index (χ0) is 27.7. The number of anilines is 1. The number of sulfonamides is 1. The Morgan fingerprint density at radius 3 is 2.13 bits per heavy atom. The number of amides is 2. The maximum Gasteiger partial charge on any atom is 0.264 e. The summed E-state index contributed by atoms with van der Waals surface area (Å²) in [4.78, 5) is 28.3. The van der Waals surface area contributed by atoms with Crippen LogP contribution in [-0.4, -0.2) is 50.8 Å². The van der Waals surface area contributed by atoms with E-state index in [1.807, 2.05) is 57.2 Å². The summed E-state index contributed by atoms with van der Waals surface area (Å²) in [6, 6.07) is 22.3. The smallest absolute Gasteiger partial charge is 0.264 e. The molecule has 0 aliphatic rings. The Morgan fingerprint density at radius 1 is 0.895 bits per heavy atom. The van der Waals surface area contributed by atoms with Crippen LogP contribution >= 0.6 is 0 Å². The first kappa shape index (κ1) is 28.9. The molecule has 0 saturated heterocycles. The summed E-state index contributed by atoms with van der Waals surface area (Å²) in [6.45, 7) is 7.83.